The molecule has 4 nitrogen and oxygen atoms in total. The highest BCUT2D eigenvalue weighted by atomic mass is 16.1. The molecule has 1 amide bonds. The lowest BCUT2D eigenvalue weighted by Crippen LogP contribution is -2.16. The van der Waals surface area contributed by atoms with Crippen molar-refractivity contribution in [3.63, 3.8) is 0 Å². The SMILES string of the molecule is CN(C)Cc1cccc(NC(=O)c2cc3ccccc3n2C)c1. The Morgan fingerprint density at radius 3 is 2.61 bits per heavy atom. The second kappa shape index (κ2) is 6.26. The average molecular weight is 307 g/mol. The molecule has 2 aromatic carbocycles. The second-order valence-corrected chi connectivity index (χ2v) is 6.04. The van der Waals surface area contributed by atoms with Crippen molar-refractivity contribution in [3.05, 3.63) is 65.9 Å². The van der Waals surface area contributed by atoms with Crippen LogP contribution in [0.5, 0.6) is 0 Å². The molecule has 0 radical (unpaired) electrons. The Hall–Kier alpha value is -2.59. The van der Waals surface area contributed by atoms with Crippen molar-refractivity contribution in [2.75, 3.05) is 19.4 Å². The minimum absolute atomic E-state index is 0.0919. The third kappa shape index (κ3) is 3.27. The second-order valence-electron chi connectivity index (χ2n) is 6.04. The Kier molecular flexibility index (Phi) is 4.17. The van der Waals surface area contributed by atoms with E-state index in [1.54, 1.807) is 0 Å². The van der Waals surface area contributed by atoms with E-state index in [1.807, 2.05) is 74.2 Å². The Morgan fingerprint density at radius 2 is 1.87 bits per heavy atom. The van der Waals surface area contributed by atoms with Crippen LogP contribution in [0.4, 0.5) is 5.69 Å². The fourth-order valence-corrected chi connectivity index (χ4v) is 2.81. The maximum Gasteiger partial charge on any atom is 0.272 e. The highest BCUT2D eigenvalue weighted by molar-refractivity contribution is 6.06. The number of carbonyl (C=O) groups excluding carboxylic acids is 1. The number of aromatic nitrogens is 1. The van der Waals surface area contributed by atoms with Crippen molar-refractivity contribution in [1.29, 1.82) is 0 Å². The van der Waals surface area contributed by atoms with Crippen LogP contribution in [0.1, 0.15) is 16.1 Å². The summed E-state index contributed by atoms with van der Waals surface area (Å²) in [5, 5.41) is 4.07. The summed E-state index contributed by atoms with van der Waals surface area (Å²) in [7, 11) is 5.97. The Bertz CT molecular complexity index is 849. The number of hydrogen-bond acceptors (Lipinski definition) is 2. The molecule has 0 atom stereocenters. The van der Waals surface area contributed by atoms with Crippen LogP contribution in [0.3, 0.4) is 0 Å². The lowest BCUT2D eigenvalue weighted by Gasteiger charge is -2.11. The van der Waals surface area contributed by atoms with Crippen LogP contribution in [0.2, 0.25) is 0 Å². The molecule has 3 rings (SSSR count). The molecule has 0 saturated carbocycles. The first-order valence-electron chi connectivity index (χ1n) is 7.64. The normalized spacial score (nSPS) is 11.1. The fraction of sp³-hybridized carbons (Fsp3) is 0.211. The predicted octanol–water partition coefficient (Wildman–Crippen LogP) is 3.49. The molecule has 23 heavy (non-hydrogen) atoms. The van der Waals surface area contributed by atoms with Gasteiger partial charge in [0.2, 0.25) is 0 Å². The van der Waals surface area contributed by atoms with Gasteiger partial charge in [-0.05, 0) is 43.9 Å². The largest absolute Gasteiger partial charge is 0.340 e. The lowest BCUT2D eigenvalue weighted by molar-refractivity contribution is 0.102. The van der Waals surface area contributed by atoms with Gasteiger partial charge in [0.1, 0.15) is 5.69 Å². The minimum atomic E-state index is -0.0919. The van der Waals surface area contributed by atoms with Crippen molar-refractivity contribution in [2.45, 2.75) is 6.54 Å². The number of benzene rings is 2. The minimum Gasteiger partial charge on any atom is -0.340 e. The molecule has 0 aliphatic rings. The maximum atomic E-state index is 12.6. The first kappa shape index (κ1) is 15.3. The van der Waals surface area contributed by atoms with Crippen LogP contribution >= 0.6 is 0 Å². The first-order valence-corrected chi connectivity index (χ1v) is 7.64. The van der Waals surface area contributed by atoms with Crippen LogP contribution in [0.15, 0.2) is 54.6 Å². The maximum absolute atomic E-state index is 12.6. The zero-order valence-corrected chi connectivity index (χ0v) is 13.7. The Balaban J connectivity index is 1.84. The van der Waals surface area contributed by atoms with Gasteiger partial charge < -0.3 is 14.8 Å². The topological polar surface area (TPSA) is 37.3 Å². The highest BCUT2D eigenvalue weighted by Crippen LogP contribution is 2.20. The quantitative estimate of drug-likeness (QED) is 0.801. The molecule has 4 heteroatoms. The third-order valence-electron chi connectivity index (χ3n) is 3.87. The number of nitrogens with zero attached hydrogens (tertiary/aromatic N) is 2. The van der Waals surface area contributed by atoms with Gasteiger partial charge in [-0.3, -0.25) is 4.79 Å². The zero-order valence-electron chi connectivity index (χ0n) is 13.7. The van der Waals surface area contributed by atoms with E-state index in [1.165, 1.54) is 5.56 Å². The predicted molar refractivity (Wildman–Crippen MR) is 94.7 cm³/mol. The summed E-state index contributed by atoms with van der Waals surface area (Å²) in [6.45, 7) is 0.845. The van der Waals surface area contributed by atoms with Gasteiger partial charge in [-0.1, -0.05) is 30.3 Å². The number of para-hydroxylation sites is 1. The number of rotatable bonds is 4. The number of nitrogens with one attached hydrogen (secondary N) is 1. The van der Waals surface area contributed by atoms with Crippen LogP contribution in [0.25, 0.3) is 10.9 Å². The molecule has 0 fully saturated rings. The van der Waals surface area contributed by atoms with Crippen LogP contribution in [-0.2, 0) is 13.6 Å². The molecule has 118 valence electrons. The molecular weight excluding hydrogens is 286 g/mol. The summed E-state index contributed by atoms with van der Waals surface area (Å²) in [6.07, 6.45) is 0. The molecule has 0 aliphatic carbocycles. The summed E-state index contributed by atoms with van der Waals surface area (Å²) in [5.41, 5.74) is 3.70. The molecule has 1 heterocycles. The summed E-state index contributed by atoms with van der Waals surface area (Å²) in [5.74, 6) is -0.0919. The van der Waals surface area contributed by atoms with Crippen molar-refractivity contribution in [3.8, 4) is 0 Å². The van der Waals surface area contributed by atoms with E-state index in [0.717, 1.165) is 23.1 Å². The van der Waals surface area contributed by atoms with Gasteiger partial charge in [0.25, 0.3) is 5.91 Å². The molecule has 3 aromatic rings. The van der Waals surface area contributed by atoms with Crippen molar-refractivity contribution >= 4 is 22.5 Å². The number of carbonyl (C=O) groups is 1. The standard InChI is InChI=1S/C19H21N3O/c1-21(2)13-14-7-6-9-16(11-14)20-19(23)18-12-15-8-4-5-10-17(15)22(18)3/h4-12H,13H2,1-3H3,(H,20,23). The van der Waals surface area contributed by atoms with E-state index < -0.39 is 0 Å². The summed E-state index contributed by atoms with van der Waals surface area (Å²) >= 11 is 0. The van der Waals surface area contributed by atoms with Crippen LogP contribution in [-0.4, -0.2) is 29.5 Å². The van der Waals surface area contributed by atoms with Gasteiger partial charge in [0, 0.05) is 30.2 Å². The summed E-state index contributed by atoms with van der Waals surface area (Å²) in [6, 6.07) is 17.9. The van der Waals surface area contributed by atoms with E-state index in [9.17, 15) is 4.79 Å². The molecule has 0 aliphatic heterocycles. The van der Waals surface area contributed by atoms with Crippen molar-refractivity contribution < 1.29 is 4.79 Å². The molecule has 0 saturated heterocycles. The van der Waals surface area contributed by atoms with Crippen molar-refractivity contribution in [1.82, 2.24) is 9.47 Å². The molecule has 0 bridgehead atoms. The van der Waals surface area contributed by atoms with E-state index in [2.05, 4.69) is 16.3 Å². The van der Waals surface area contributed by atoms with E-state index in [-0.39, 0.29) is 5.91 Å². The number of fused-ring (bicyclic) bond motifs is 1. The van der Waals surface area contributed by atoms with E-state index in [4.69, 9.17) is 0 Å². The van der Waals surface area contributed by atoms with Gasteiger partial charge in [0.15, 0.2) is 0 Å². The average Bonchev–Trinajstić information content (AvgIpc) is 2.85. The smallest absolute Gasteiger partial charge is 0.272 e. The van der Waals surface area contributed by atoms with Gasteiger partial charge in [0.05, 0.1) is 0 Å². The summed E-state index contributed by atoms with van der Waals surface area (Å²) in [4.78, 5) is 14.7. The molecule has 1 aromatic heterocycles. The monoisotopic (exact) mass is 307 g/mol. The van der Waals surface area contributed by atoms with E-state index >= 15 is 0 Å². The third-order valence-corrected chi connectivity index (χ3v) is 3.87. The number of anilines is 1. The lowest BCUT2D eigenvalue weighted by atomic mass is 10.2. The molecule has 0 unspecified atom stereocenters. The number of amides is 1. The van der Waals surface area contributed by atoms with Crippen molar-refractivity contribution in [2.24, 2.45) is 7.05 Å². The first-order chi connectivity index (χ1) is 11.0. The van der Waals surface area contributed by atoms with Crippen LogP contribution in [0, 0.1) is 0 Å². The number of hydrogen-bond donors (Lipinski definition) is 1. The van der Waals surface area contributed by atoms with E-state index in [0.29, 0.717) is 5.69 Å². The van der Waals surface area contributed by atoms with Gasteiger partial charge in [-0.15, -0.1) is 0 Å². The Labute approximate surface area is 136 Å². The molecule has 1 N–H and O–H groups in total. The Morgan fingerprint density at radius 1 is 1.09 bits per heavy atom. The van der Waals surface area contributed by atoms with Gasteiger partial charge in [-0.25, -0.2) is 0 Å². The van der Waals surface area contributed by atoms with Gasteiger partial charge >= 0.3 is 0 Å². The fourth-order valence-electron chi connectivity index (χ4n) is 2.81. The molecule has 0 spiro atoms. The van der Waals surface area contributed by atoms with Gasteiger partial charge in [-0.2, -0.15) is 0 Å². The number of aryl methyl sites for hydroxylation is 1. The highest BCUT2D eigenvalue weighted by Gasteiger charge is 2.13. The summed E-state index contributed by atoms with van der Waals surface area (Å²) < 4.78 is 1.92. The zero-order chi connectivity index (χ0) is 16.4. The van der Waals surface area contributed by atoms with Crippen LogP contribution < -0.4 is 5.32 Å². The molecular formula is C19H21N3O.